The van der Waals surface area contributed by atoms with E-state index in [1.807, 2.05) is 54.6 Å². The standard InChI is InChI=1S/C37H28ClFN4O5S/c38-28-11-16-33(48-24-35(44)41-30-14-12-29(39)13-15-30)27(19-28)20-34-36(45)43(22-32-10-5-17-46-32)37(49-34)42-40-21-26-8-4-9-31(18-26)47-23-25-6-2-1-3-7-25/h1-21H,22-24H2,(H,41,44)/b34-20-,40-21-,42-37+. The summed E-state index contributed by atoms with van der Waals surface area (Å²) in [7, 11) is 0. The first kappa shape index (κ1) is 33.3. The fourth-order valence-corrected chi connectivity index (χ4v) is 5.74. The third-order valence-corrected chi connectivity index (χ3v) is 8.22. The fourth-order valence-electron chi connectivity index (χ4n) is 4.63. The number of furan rings is 1. The van der Waals surface area contributed by atoms with Crippen molar-refractivity contribution in [3.8, 4) is 11.5 Å². The van der Waals surface area contributed by atoms with Crippen molar-refractivity contribution in [2.75, 3.05) is 11.9 Å². The zero-order chi connectivity index (χ0) is 34.0. The van der Waals surface area contributed by atoms with Crippen molar-refractivity contribution >= 4 is 58.3 Å². The number of hydrogen-bond donors (Lipinski definition) is 1. The summed E-state index contributed by atoms with van der Waals surface area (Å²) < 4.78 is 30.4. The Kier molecular flexibility index (Phi) is 10.8. The molecule has 49 heavy (non-hydrogen) atoms. The third-order valence-electron chi connectivity index (χ3n) is 6.98. The number of halogens is 2. The smallest absolute Gasteiger partial charge is 0.267 e. The van der Waals surface area contributed by atoms with E-state index in [1.165, 1.54) is 35.4 Å². The highest BCUT2D eigenvalue weighted by molar-refractivity contribution is 8.18. The Morgan fingerprint density at radius 2 is 1.80 bits per heavy atom. The summed E-state index contributed by atoms with van der Waals surface area (Å²) in [5.74, 6) is 0.389. The molecule has 1 aliphatic heterocycles. The molecular weight excluding hydrogens is 667 g/mol. The van der Waals surface area contributed by atoms with Crippen molar-refractivity contribution in [2.24, 2.45) is 10.2 Å². The Bertz CT molecular complexity index is 2020. The van der Waals surface area contributed by atoms with Gasteiger partial charge in [0, 0.05) is 16.3 Å². The fraction of sp³-hybridized carbons (Fsp3) is 0.0811. The average molecular weight is 695 g/mol. The second-order valence-corrected chi connectivity index (χ2v) is 12.0. The number of nitrogens with one attached hydrogen (secondary N) is 1. The van der Waals surface area contributed by atoms with E-state index < -0.39 is 11.7 Å². The summed E-state index contributed by atoms with van der Waals surface area (Å²) in [5.41, 5.74) is 2.73. The number of rotatable bonds is 12. The van der Waals surface area contributed by atoms with Gasteiger partial charge < -0.3 is 19.2 Å². The first-order valence-corrected chi connectivity index (χ1v) is 16.2. The van der Waals surface area contributed by atoms with Crippen molar-refractivity contribution < 1.29 is 27.9 Å². The molecule has 0 unspecified atom stereocenters. The van der Waals surface area contributed by atoms with Crippen LogP contribution in [0.3, 0.4) is 0 Å². The Labute approximate surface area is 290 Å². The predicted molar refractivity (Wildman–Crippen MR) is 189 cm³/mol. The molecule has 4 aromatic carbocycles. The van der Waals surface area contributed by atoms with E-state index in [-0.39, 0.29) is 19.1 Å². The van der Waals surface area contributed by atoms with Gasteiger partial charge >= 0.3 is 0 Å². The van der Waals surface area contributed by atoms with Gasteiger partial charge in [0.05, 0.1) is 23.9 Å². The molecule has 0 aliphatic carbocycles. The van der Waals surface area contributed by atoms with Gasteiger partial charge in [-0.05, 0) is 95.7 Å². The molecule has 2 amide bonds. The van der Waals surface area contributed by atoms with Gasteiger partial charge in [-0.3, -0.25) is 14.5 Å². The van der Waals surface area contributed by atoms with Crippen LogP contribution in [0.5, 0.6) is 11.5 Å². The Morgan fingerprint density at radius 3 is 2.59 bits per heavy atom. The van der Waals surface area contributed by atoms with Gasteiger partial charge in [-0.15, -0.1) is 5.10 Å². The van der Waals surface area contributed by atoms with Crippen molar-refractivity contribution in [1.29, 1.82) is 0 Å². The van der Waals surface area contributed by atoms with Crippen LogP contribution in [0.2, 0.25) is 5.02 Å². The maximum absolute atomic E-state index is 13.7. The molecule has 1 N–H and O–H groups in total. The number of carbonyl (C=O) groups excluding carboxylic acids is 2. The average Bonchev–Trinajstić information content (AvgIpc) is 3.73. The van der Waals surface area contributed by atoms with Crippen LogP contribution in [0, 0.1) is 5.82 Å². The van der Waals surface area contributed by atoms with Crippen molar-refractivity contribution in [3.63, 3.8) is 0 Å². The lowest BCUT2D eigenvalue weighted by molar-refractivity contribution is -0.122. The van der Waals surface area contributed by atoms with Crippen LogP contribution in [-0.4, -0.2) is 34.7 Å². The van der Waals surface area contributed by atoms with Crippen LogP contribution < -0.4 is 14.8 Å². The van der Waals surface area contributed by atoms with Crippen LogP contribution in [0.1, 0.15) is 22.5 Å². The van der Waals surface area contributed by atoms with Crippen molar-refractivity contribution in [3.05, 3.63) is 154 Å². The van der Waals surface area contributed by atoms with E-state index >= 15 is 0 Å². The minimum atomic E-state index is -0.448. The molecule has 12 heteroatoms. The second-order valence-electron chi connectivity index (χ2n) is 10.6. The molecule has 1 aliphatic rings. The van der Waals surface area contributed by atoms with Gasteiger partial charge in [0.2, 0.25) is 0 Å². The van der Waals surface area contributed by atoms with Crippen LogP contribution in [0.4, 0.5) is 10.1 Å². The molecule has 2 heterocycles. The van der Waals surface area contributed by atoms with Crippen LogP contribution in [0.25, 0.3) is 6.08 Å². The number of ether oxygens (including phenoxy) is 2. The molecule has 0 saturated carbocycles. The highest BCUT2D eigenvalue weighted by atomic mass is 35.5. The maximum Gasteiger partial charge on any atom is 0.267 e. The van der Waals surface area contributed by atoms with Gasteiger partial charge in [-0.2, -0.15) is 5.10 Å². The van der Waals surface area contributed by atoms with E-state index in [0.717, 1.165) is 22.9 Å². The number of nitrogens with zero attached hydrogens (tertiary/aromatic N) is 3. The second kappa shape index (κ2) is 16.0. The Hall–Kier alpha value is -5.65. The number of benzene rings is 4. The molecule has 0 bridgehead atoms. The number of amidine groups is 1. The summed E-state index contributed by atoms with van der Waals surface area (Å²) in [6, 6.07) is 31.1. The zero-order valence-electron chi connectivity index (χ0n) is 25.8. The highest BCUT2D eigenvalue weighted by Gasteiger charge is 2.34. The van der Waals surface area contributed by atoms with Crippen LogP contribution in [0.15, 0.2) is 135 Å². The quantitative estimate of drug-likeness (QED) is 0.0803. The van der Waals surface area contributed by atoms with Gasteiger partial charge in [-0.1, -0.05) is 54.1 Å². The number of hydrogen-bond acceptors (Lipinski definition) is 8. The molecule has 0 radical (unpaired) electrons. The Balaban J connectivity index is 1.18. The first-order chi connectivity index (χ1) is 23.9. The molecule has 1 aromatic heterocycles. The van der Waals surface area contributed by atoms with E-state index in [0.29, 0.717) is 50.2 Å². The topological polar surface area (TPSA) is 106 Å². The molecule has 0 atom stereocenters. The summed E-state index contributed by atoms with van der Waals surface area (Å²) in [5, 5.41) is 12.1. The van der Waals surface area contributed by atoms with E-state index in [1.54, 1.807) is 42.6 Å². The minimum absolute atomic E-state index is 0.135. The maximum atomic E-state index is 13.7. The lowest BCUT2D eigenvalue weighted by atomic mass is 10.2. The van der Waals surface area contributed by atoms with Gasteiger partial charge in [0.15, 0.2) is 11.8 Å². The predicted octanol–water partition coefficient (Wildman–Crippen LogP) is 8.18. The molecule has 1 fully saturated rings. The van der Waals surface area contributed by atoms with E-state index in [9.17, 15) is 14.0 Å². The summed E-state index contributed by atoms with van der Waals surface area (Å²) in [6.45, 7) is 0.235. The van der Waals surface area contributed by atoms with Crippen molar-refractivity contribution in [2.45, 2.75) is 13.2 Å². The molecular formula is C37H28ClFN4O5S. The summed E-state index contributed by atoms with van der Waals surface area (Å²) in [4.78, 5) is 28.0. The number of amides is 2. The minimum Gasteiger partial charge on any atom is -0.489 e. The van der Waals surface area contributed by atoms with Gasteiger partial charge in [0.25, 0.3) is 11.8 Å². The van der Waals surface area contributed by atoms with Crippen molar-refractivity contribution in [1.82, 2.24) is 4.90 Å². The zero-order valence-corrected chi connectivity index (χ0v) is 27.4. The first-order valence-electron chi connectivity index (χ1n) is 15.0. The molecule has 1 saturated heterocycles. The Morgan fingerprint density at radius 1 is 0.959 bits per heavy atom. The molecule has 246 valence electrons. The van der Waals surface area contributed by atoms with E-state index in [2.05, 4.69) is 15.5 Å². The molecule has 0 spiro atoms. The highest BCUT2D eigenvalue weighted by Crippen LogP contribution is 2.36. The lowest BCUT2D eigenvalue weighted by Gasteiger charge is -2.13. The van der Waals surface area contributed by atoms with Gasteiger partial charge in [0.1, 0.15) is 29.7 Å². The summed E-state index contributed by atoms with van der Waals surface area (Å²) in [6.07, 6.45) is 4.74. The van der Waals surface area contributed by atoms with Crippen LogP contribution >= 0.6 is 23.4 Å². The number of carbonyl (C=O) groups is 2. The number of anilines is 1. The monoisotopic (exact) mass is 694 g/mol. The largest absolute Gasteiger partial charge is 0.489 e. The van der Waals surface area contributed by atoms with Gasteiger partial charge in [-0.25, -0.2) is 4.39 Å². The summed E-state index contributed by atoms with van der Waals surface area (Å²) >= 11 is 7.43. The van der Waals surface area contributed by atoms with E-state index in [4.69, 9.17) is 25.5 Å². The molecule has 9 nitrogen and oxygen atoms in total. The van der Waals surface area contributed by atoms with Crippen LogP contribution in [-0.2, 0) is 22.7 Å². The third kappa shape index (κ3) is 9.25. The normalized spacial score (nSPS) is 14.6. The SMILES string of the molecule is O=C(COc1ccc(Cl)cc1/C=C1\S/C(=N/N=C\c2cccc(OCc3ccccc3)c2)N(Cc2ccco2)C1=O)Nc1ccc(F)cc1. The number of thioether (sulfide) groups is 1. The molecule has 5 aromatic rings. The molecule has 6 rings (SSSR count). The lowest BCUT2D eigenvalue weighted by Crippen LogP contribution is -2.28.